The summed E-state index contributed by atoms with van der Waals surface area (Å²) in [6.45, 7) is 5.93. The summed E-state index contributed by atoms with van der Waals surface area (Å²) in [6.07, 6.45) is -1.37. The fraction of sp³-hybridized carbons (Fsp3) is 0.579. The highest BCUT2D eigenvalue weighted by Gasteiger charge is 2.36. The van der Waals surface area contributed by atoms with Crippen LogP contribution in [0, 0.1) is 0 Å². The molecule has 168 valence electrons. The Morgan fingerprint density at radius 3 is 2.73 bits per heavy atom. The Morgan fingerprint density at radius 1 is 1.50 bits per heavy atom. The molecule has 0 aliphatic carbocycles. The third kappa shape index (κ3) is 5.91. The molecule has 1 fully saturated rings. The summed E-state index contributed by atoms with van der Waals surface area (Å²) in [7, 11) is 1.79. The largest absolute Gasteiger partial charge is 0.433 e. The van der Waals surface area contributed by atoms with Crippen molar-refractivity contribution in [3.8, 4) is 0 Å². The number of aromatic nitrogens is 2. The lowest BCUT2D eigenvalue weighted by molar-refractivity contribution is -0.141. The first-order valence-corrected chi connectivity index (χ1v) is 9.78. The van der Waals surface area contributed by atoms with Crippen LogP contribution in [-0.4, -0.2) is 72.8 Å². The SMILES string of the molecule is CCN(CCNC)C(=O)CN=C/C(=C\N)c1cc(C(F)(F)F)nc(N2CC[C@@H]2C)n1.[HH]. The van der Waals surface area contributed by atoms with Crippen molar-refractivity contribution in [2.45, 2.75) is 32.5 Å². The number of hydrogen-bond donors (Lipinski definition) is 2. The van der Waals surface area contributed by atoms with Crippen LogP contribution in [0.15, 0.2) is 17.3 Å². The molecule has 1 atom stereocenters. The van der Waals surface area contributed by atoms with Crippen molar-refractivity contribution < 1.29 is 19.4 Å². The predicted molar refractivity (Wildman–Crippen MR) is 112 cm³/mol. The average Bonchev–Trinajstić information content (AvgIpc) is 2.69. The van der Waals surface area contributed by atoms with Crippen LogP contribution in [0.2, 0.25) is 0 Å². The Kier molecular flexibility index (Phi) is 8.16. The molecule has 1 aliphatic rings. The van der Waals surface area contributed by atoms with Crippen LogP contribution in [0.1, 0.15) is 33.1 Å². The Labute approximate surface area is 175 Å². The Morgan fingerprint density at radius 2 is 2.23 bits per heavy atom. The van der Waals surface area contributed by atoms with Gasteiger partial charge in [-0.2, -0.15) is 13.2 Å². The number of rotatable bonds is 9. The molecule has 2 rings (SSSR count). The van der Waals surface area contributed by atoms with Gasteiger partial charge in [0.2, 0.25) is 11.9 Å². The molecule has 3 N–H and O–H groups in total. The van der Waals surface area contributed by atoms with Crippen molar-refractivity contribution in [1.29, 1.82) is 0 Å². The number of nitrogens with zero attached hydrogens (tertiary/aromatic N) is 5. The van der Waals surface area contributed by atoms with Crippen LogP contribution in [0.25, 0.3) is 5.57 Å². The normalized spacial score (nSPS) is 17.3. The molecule has 0 aromatic carbocycles. The van der Waals surface area contributed by atoms with E-state index in [1.54, 1.807) is 16.8 Å². The van der Waals surface area contributed by atoms with Gasteiger partial charge < -0.3 is 20.9 Å². The van der Waals surface area contributed by atoms with Crippen LogP contribution >= 0.6 is 0 Å². The van der Waals surface area contributed by atoms with Gasteiger partial charge in [0.1, 0.15) is 6.54 Å². The van der Waals surface area contributed by atoms with E-state index in [1.807, 2.05) is 13.8 Å². The molecule has 2 heterocycles. The fourth-order valence-electron chi connectivity index (χ4n) is 2.89. The summed E-state index contributed by atoms with van der Waals surface area (Å²) < 4.78 is 40.0. The zero-order chi connectivity index (χ0) is 22.3. The molecule has 1 aliphatic heterocycles. The summed E-state index contributed by atoms with van der Waals surface area (Å²) in [5.74, 6) is -0.180. The van der Waals surface area contributed by atoms with Gasteiger partial charge in [0.05, 0.1) is 5.69 Å². The summed E-state index contributed by atoms with van der Waals surface area (Å²) in [4.78, 5) is 27.6. The third-order valence-corrected chi connectivity index (χ3v) is 4.88. The van der Waals surface area contributed by atoms with Crippen LogP contribution in [-0.2, 0) is 11.0 Å². The fourth-order valence-corrected chi connectivity index (χ4v) is 2.89. The van der Waals surface area contributed by atoms with Gasteiger partial charge in [-0.1, -0.05) is 0 Å². The average molecular weight is 429 g/mol. The van der Waals surface area contributed by atoms with E-state index in [0.29, 0.717) is 26.2 Å². The molecule has 0 saturated carbocycles. The zero-order valence-electron chi connectivity index (χ0n) is 17.4. The second-order valence-corrected chi connectivity index (χ2v) is 6.94. The van der Waals surface area contributed by atoms with Gasteiger partial charge in [-0.05, 0) is 33.4 Å². The number of likely N-dealkylation sites (N-methyl/N-ethyl adjacent to an activating group) is 2. The first kappa shape index (κ1) is 23.6. The summed E-state index contributed by atoms with van der Waals surface area (Å²) in [5.41, 5.74) is 4.76. The first-order chi connectivity index (χ1) is 14.2. The topological polar surface area (TPSA) is 99.7 Å². The van der Waals surface area contributed by atoms with Crippen molar-refractivity contribution in [2.75, 3.05) is 44.7 Å². The second kappa shape index (κ2) is 10.4. The van der Waals surface area contributed by atoms with Gasteiger partial charge in [-0.25, -0.2) is 9.97 Å². The molecule has 0 bridgehead atoms. The van der Waals surface area contributed by atoms with E-state index < -0.39 is 11.9 Å². The number of nitrogens with two attached hydrogens (primary N) is 1. The molecule has 1 aromatic rings. The van der Waals surface area contributed by atoms with Crippen LogP contribution in [0.5, 0.6) is 0 Å². The van der Waals surface area contributed by atoms with Gasteiger partial charge in [0, 0.05) is 51.6 Å². The van der Waals surface area contributed by atoms with E-state index >= 15 is 0 Å². The highest BCUT2D eigenvalue weighted by molar-refractivity contribution is 6.09. The van der Waals surface area contributed by atoms with E-state index in [1.165, 1.54) is 6.21 Å². The van der Waals surface area contributed by atoms with Crippen LogP contribution in [0.3, 0.4) is 0 Å². The minimum Gasteiger partial charge on any atom is -0.404 e. The van der Waals surface area contributed by atoms with Gasteiger partial charge in [-0.3, -0.25) is 9.79 Å². The van der Waals surface area contributed by atoms with Gasteiger partial charge in [0.25, 0.3) is 0 Å². The van der Waals surface area contributed by atoms with E-state index in [4.69, 9.17) is 5.73 Å². The molecular weight excluding hydrogens is 399 g/mol. The molecule has 0 spiro atoms. The number of allylic oxidation sites excluding steroid dienone is 1. The molecule has 8 nitrogen and oxygen atoms in total. The number of halogens is 3. The lowest BCUT2D eigenvalue weighted by Crippen LogP contribution is -2.47. The number of alkyl halides is 3. The number of carbonyl (C=O) groups is 1. The molecule has 1 aromatic heterocycles. The first-order valence-electron chi connectivity index (χ1n) is 9.78. The van der Waals surface area contributed by atoms with Crippen LogP contribution in [0.4, 0.5) is 19.1 Å². The smallest absolute Gasteiger partial charge is 0.404 e. The standard InChI is InChI=1S/C19H28F3N7O.H2/c1-4-28(8-6-24-3)17(30)12-25-11-14(10-23)15-9-16(19(20,21)22)27-18(26-15)29-7-5-13(29)2;/h9-11,13,24H,4-8,12,23H2,1-3H3;1H/b14-10+,25-11?;/t13-;/m0./s1. The summed E-state index contributed by atoms with van der Waals surface area (Å²) in [6, 6.07) is 0.904. The van der Waals surface area contributed by atoms with E-state index in [2.05, 4.69) is 20.3 Å². The van der Waals surface area contributed by atoms with E-state index in [-0.39, 0.29) is 37.1 Å². The molecule has 11 heteroatoms. The van der Waals surface area contributed by atoms with Gasteiger partial charge >= 0.3 is 6.18 Å². The molecule has 30 heavy (non-hydrogen) atoms. The molecule has 1 saturated heterocycles. The Hall–Kier alpha value is -2.69. The number of anilines is 1. The van der Waals surface area contributed by atoms with Crippen molar-refractivity contribution in [1.82, 2.24) is 20.2 Å². The molecule has 0 unspecified atom stereocenters. The summed E-state index contributed by atoms with van der Waals surface area (Å²) in [5, 5.41) is 2.97. The van der Waals surface area contributed by atoms with Crippen molar-refractivity contribution in [2.24, 2.45) is 10.7 Å². The number of nitrogens with one attached hydrogen (secondary N) is 1. The number of amides is 1. The third-order valence-electron chi connectivity index (χ3n) is 4.88. The lowest BCUT2D eigenvalue weighted by atomic mass is 10.1. The monoisotopic (exact) mass is 429 g/mol. The van der Waals surface area contributed by atoms with Crippen molar-refractivity contribution >= 4 is 23.6 Å². The quantitative estimate of drug-likeness (QED) is 0.581. The number of carbonyl (C=O) groups excluding carboxylic acids is 1. The molecular formula is C19H30F3N7O. The van der Waals surface area contributed by atoms with E-state index in [0.717, 1.165) is 18.7 Å². The predicted octanol–water partition coefficient (Wildman–Crippen LogP) is 1.78. The molecule has 0 radical (unpaired) electrons. The highest BCUT2D eigenvalue weighted by atomic mass is 19.4. The zero-order valence-corrected chi connectivity index (χ0v) is 17.4. The lowest BCUT2D eigenvalue weighted by Gasteiger charge is -2.39. The minimum absolute atomic E-state index is 0. The maximum absolute atomic E-state index is 13.3. The molecule has 1 amide bonds. The van der Waals surface area contributed by atoms with Gasteiger partial charge in [-0.15, -0.1) is 0 Å². The second-order valence-electron chi connectivity index (χ2n) is 6.94. The number of aliphatic imine (C=N–C) groups is 1. The Bertz CT molecular complexity index is 801. The van der Waals surface area contributed by atoms with Crippen molar-refractivity contribution in [3.05, 3.63) is 23.7 Å². The van der Waals surface area contributed by atoms with Gasteiger partial charge in [0.15, 0.2) is 5.69 Å². The maximum Gasteiger partial charge on any atom is 0.433 e. The Balaban J connectivity index is 0.00000480. The van der Waals surface area contributed by atoms with Crippen LogP contribution < -0.4 is 16.0 Å². The minimum atomic E-state index is -4.62. The van der Waals surface area contributed by atoms with Crippen molar-refractivity contribution in [3.63, 3.8) is 0 Å². The van der Waals surface area contributed by atoms with E-state index in [9.17, 15) is 18.0 Å². The summed E-state index contributed by atoms with van der Waals surface area (Å²) >= 11 is 0. The number of hydrogen-bond acceptors (Lipinski definition) is 7. The maximum atomic E-state index is 13.3. The highest BCUT2D eigenvalue weighted by Crippen LogP contribution is 2.32.